The Morgan fingerprint density at radius 1 is 1.14 bits per heavy atom. The van der Waals surface area contributed by atoms with Crippen molar-refractivity contribution in [2.45, 2.75) is 6.92 Å². The van der Waals surface area contributed by atoms with E-state index in [1.54, 1.807) is 25.1 Å². The first kappa shape index (κ1) is 14.9. The normalized spacial score (nSPS) is 10.2. The molecular formula is C15H13ClN2O3. The summed E-state index contributed by atoms with van der Waals surface area (Å²) in [4.78, 5) is 23.4. The Labute approximate surface area is 126 Å². The SMILES string of the molecule is Cc1cc(Cl)ccc1C(=O)Nc1cc(N)ccc1C(=O)O. The Morgan fingerprint density at radius 2 is 1.81 bits per heavy atom. The number of aromatic carboxylic acids is 1. The minimum absolute atomic E-state index is 0.0239. The molecule has 4 N–H and O–H groups in total. The van der Waals surface area contributed by atoms with Gasteiger partial charge in [-0.15, -0.1) is 0 Å². The van der Waals surface area contributed by atoms with Gasteiger partial charge in [0.25, 0.3) is 5.91 Å². The minimum Gasteiger partial charge on any atom is -0.478 e. The summed E-state index contributed by atoms with van der Waals surface area (Å²) in [7, 11) is 0. The van der Waals surface area contributed by atoms with Crippen molar-refractivity contribution in [2.75, 3.05) is 11.1 Å². The zero-order valence-corrected chi connectivity index (χ0v) is 11.9. The van der Waals surface area contributed by atoms with E-state index in [-0.39, 0.29) is 11.3 Å². The van der Waals surface area contributed by atoms with Crippen LogP contribution in [-0.4, -0.2) is 17.0 Å². The molecule has 6 heteroatoms. The van der Waals surface area contributed by atoms with E-state index in [4.69, 9.17) is 22.4 Å². The largest absolute Gasteiger partial charge is 0.478 e. The Balaban J connectivity index is 2.35. The summed E-state index contributed by atoms with van der Waals surface area (Å²) in [6.45, 7) is 1.75. The number of benzene rings is 2. The third kappa shape index (κ3) is 3.32. The molecule has 0 unspecified atom stereocenters. The maximum absolute atomic E-state index is 12.2. The molecule has 5 nitrogen and oxygen atoms in total. The van der Waals surface area contributed by atoms with Crippen LogP contribution in [0.2, 0.25) is 5.02 Å². The maximum Gasteiger partial charge on any atom is 0.337 e. The summed E-state index contributed by atoms with van der Waals surface area (Å²) in [6.07, 6.45) is 0. The molecular weight excluding hydrogens is 292 g/mol. The molecule has 0 bridgehead atoms. The Bertz CT molecular complexity index is 729. The molecule has 0 fully saturated rings. The first-order valence-electron chi connectivity index (χ1n) is 6.09. The number of hydrogen-bond acceptors (Lipinski definition) is 3. The van der Waals surface area contributed by atoms with Gasteiger partial charge in [-0.25, -0.2) is 4.79 Å². The first-order chi connectivity index (χ1) is 9.88. The Hall–Kier alpha value is -2.53. The molecule has 0 spiro atoms. The molecule has 0 saturated carbocycles. The van der Waals surface area contributed by atoms with Crippen molar-refractivity contribution in [3.8, 4) is 0 Å². The predicted molar refractivity (Wildman–Crippen MR) is 82.0 cm³/mol. The summed E-state index contributed by atoms with van der Waals surface area (Å²) in [6, 6.07) is 9.07. The molecule has 0 heterocycles. The fourth-order valence-electron chi connectivity index (χ4n) is 1.92. The highest BCUT2D eigenvalue weighted by molar-refractivity contribution is 6.30. The van der Waals surface area contributed by atoms with Gasteiger partial charge in [-0.05, 0) is 48.9 Å². The highest BCUT2D eigenvalue weighted by Gasteiger charge is 2.15. The highest BCUT2D eigenvalue weighted by Crippen LogP contribution is 2.22. The average molecular weight is 305 g/mol. The van der Waals surface area contributed by atoms with E-state index in [1.807, 2.05) is 0 Å². The number of aryl methyl sites for hydroxylation is 1. The lowest BCUT2D eigenvalue weighted by Crippen LogP contribution is -2.16. The lowest BCUT2D eigenvalue weighted by atomic mass is 10.1. The fraction of sp³-hybridized carbons (Fsp3) is 0.0667. The van der Waals surface area contributed by atoms with Crippen molar-refractivity contribution in [3.63, 3.8) is 0 Å². The summed E-state index contributed by atoms with van der Waals surface area (Å²) in [5.74, 6) is -1.56. The van der Waals surface area contributed by atoms with E-state index in [0.29, 0.717) is 21.8 Å². The van der Waals surface area contributed by atoms with E-state index in [2.05, 4.69) is 5.32 Å². The van der Waals surface area contributed by atoms with Crippen molar-refractivity contribution < 1.29 is 14.7 Å². The summed E-state index contributed by atoms with van der Waals surface area (Å²) < 4.78 is 0. The van der Waals surface area contributed by atoms with Gasteiger partial charge in [0, 0.05) is 16.3 Å². The Morgan fingerprint density at radius 3 is 2.43 bits per heavy atom. The second kappa shape index (κ2) is 5.85. The van der Waals surface area contributed by atoms with Crippen molar-refractivity contribution in [1.29, 1.82) is 0 Å². The van der Waals surface area contributed by atoms with Gasteiger partial charge in [-0.2, -0.15) is 0 Å². The second-order valence-corrected chi connectivity index (χ2v) is 4.96. The van der Waals surface area contributed by atoms with Crippen LogP contribution in [0.1, 0.15) is 26.3 Å². The van der Waals surface area contributed by atoms with Crippen LogP contribution >= 0.6 is 11.6 Å². The van der Waals surface area contributed by atoms with Gasteiger partial charge in [-0.1, -0.05) is 11.6 Å². The molecule has 1 amide bonds. The Kier molecular flexibility index (Phi) is 4.14. The van der Waals surface area contributed by atoms with E-state index >= 15 is 0 Å². The van der Waals surface area contributed by atoms with E-state index in [9.17, 15) is 9.59 Å². The first-order valence-corrected chi connectivity index (χ1v) is 6.46. The summed E-state index contributed by atoms with van der Waals surface area (Å²) in [5, 5.41) is 12.2. The lowest BCUT2D eigenvalue weighted by molar-refractivity contribution is 0.0698. The van der Waals surface area contributed by atoms with Crippen LogP contribution in [0.15, 0.2) is 36.4 Å². The molecule has 2 aromatic rings. The van der Waals surface area contributed by atoms with Crippen molar-refractivity contribution in [3.05, 3.63) is 58.1 Å². The number of carbonyl (C=O) groups is 2. The van der Waals surface area contributed by atoms with E-state index in [1.165, 1.54) is 18.2 Å². The topological polar surface area (TPSA) is 92.4 Å². The van der Waals surface area contributed by atoms with Crippen LogP contribution < -0.4 is 11.1 Å². The average Bonchev–Trinajstić information content (AvgIpc) is 2.37. The van der Waals surface area contributed by atoms with Crippen LogP contribution in [0.5, 0.6) is 0 Å². The van der Waals surface area contributed by atoms with Gasteiger partial charge in [0.05, 0.1) is 11.3 Å². The van der Waals surface area contributed by atoms with Crippen LogP contribution in [0.3, 0.4) is 0 Å². The van der Waals surface area contributed by atoms with Crippen molar-refractivity contribution in [1.82, 2.24) is 0 Å². The molecule has 0 aliphatic rings. The minimum atomic E-state index is -1.14. The number of halogens is 1. The predicted octanol–water partition coefficient (Wildman–Crippen LogP) is 3.18. The number of amides is 1. The molecule has 0 aliphatic heterocycles. The molecule has 0 radical (unpaired) electrons. The third-order valence-electron chi connectivity index (χ3n) is 2.96. The number of anilines is 2. The zero-order valence-electron chi connectivity index (χ0n) is 11.2. The van der Waals surface area contributed by atoms with Gasteiger partial charge in [-0.3, -0.25) is 4.79 Å². The molecule has 0 saturated heterocycles. The van der Waals surface area contributed by atoms with E-state index < -0.39 is 11.9 Å². The molecule has 21 heavy (non-hydrogen) atoms. The smallest absolute Gasteiger partial charge is 0.337 e. The van der Waals surface area contributed by atoms with Gasteiger partial charge < -0.3 is 16.2 Å². The standard InChI is InChI=1S/C15H13ClN2O3/c1-8-6-9(16)2-4-11(8)14(19)18-13-7-10(17)3-5-12(13)15(20)21/h2-7H,17H2,1H3,(H,18,19)(H,20,21). The van der Waals surface area contributed by atoms with Crippen molar-refractivity contribution in [2.24, 2.45) is 0 Å². The van der Waals surface area contributed by atoms with Crippen LogP contribution in [0.25, 0.3) is 0 Å². The fourth-order valence-corrected chi connectivity index (χ4v) is 2.15. The quantitative estimate of drug-likeness (QED) is 0.759. The number of nitrogens with two attached hydrogens (primary N) is 1. The molecule has 2 rings (SSSR count). The molecule has 0 atom stereocenters. The molecule has 0 aromatic heterocycles. The number of carboxylic acid groups (broad SMARTS) is 1. The monoisotopic (exact) mass is 304 g/mol. The van der Waals surface area contributed by atoms with E-state index in [0.717, 1.165) is 0 Å². The van der Waals surface area contributed by atoms with Crippen molar-refractivity contribution >= 4 is 34.9 Å². The lowest BCUT2D eigenvalue weighted by Gasteiger charge is -2.11. The zero-order chi connectivity index (χ0) is 15.6. The number of rotatable bonds is 3. The van der Waals surface area contributed by atoms with Gasteiger partial charge in [0.1, 0.15) is 0 Å². The number of hydrogen-bond donors (Lipinski definition) is 3. The maximum atomic E-state index is 12.2. The van der Waals surface area contributed by atoms with Gasteiger partial charge in [0.2, 0.25) is 0 Å². The number of nitrogens with one attached hydrogen (secondary N) is 1. The summed E-state index contributed by atoms with van der Waals surface area (Å²) >= 11 is 5.84. The van der Waals surface area contributed by atoms with Gasteiger partial charge in [0.15, 0.2) is 0 Å². The number of nitrogen functional groups attached to an aromatic ring is 1. The van der Waals surface area contributed by atoms with Crippen LogP contribution in [-0.2, 0) is 0 Å². The number of carbonyl (C=O) groups excluding carboxylic acids is 1. The van der Waals surface area contributed by atoms with Gasteiger partial charge >= 0.3 is 5.97 Å². The molecule has 0 aliphatic carbocycles. The molecule has 108 valence electrons. The number of carboxylic acids is 1. The molecule has 2 aromatic carbocycles. The third-order valence-corrected chi connectivity index (χ3v) is 3.19. The van der Waals surface area contributed by atoms with Crippen LogP contribution in [0, 0.1) is 6.92 Å². The second-order valence-electron chi connectivity index (χ2n) is 4.52. The highest BCUT2D eigenvalue weighted by atomic mass is 35.5. The van der Waals surface area contributed by atoms with Crippen LogP contribution in [0.4, 0.5) is 11.4 Å². The summed E-state index contributed by atoms with van der Waals surface area (Å²) in [5.41, 5.74) is 7.23.